The van der Waals surface area contributed by atoms with E-state index in [-0.39, 0.29) is 18.6 Å². The average molecular weight is 299 g/mol. The summed E-state index contributed by atoms with van der Waals surface area (Å²) in [7, 11) is 0. The summed E-state index contributed by atoms with van der Waals surface area (Å²) in [5.74, 6) is 0.555. The number of carbonyl (C=O) groups excluding carboxylic acids is 1. The van der Waals surface area contributed by atoms with Crippen molar-refractivity contribution in [2.24, 2.45) is 0 Å². The summed E-state index contributed by atoms with van der Waals surface area (Å²) in [5.41, 5.74) is 3.42. The fourth-order valence-corrected chi connectivity index (χ4v) is 2.50. The number of hydroxylamine groups is 1. The number of carbonyl (C=O) groups is 1. The van der Waals surface area contributed by atoms with Gasteiger partial charge in [-0.3, -0.25) is 19.6 Å². The molecule has 0 bridgehead atoms. The molecular formula is C15H17N5O2. The zero-order valence-electron chi connectivity index (χ0n) is 12.1. The normalized spacial score (nSPS) is 17.5. The molecular weight excluding hydrogens is 282 g/mol. The van der Waals surface area contributed by atoms with E-state index in [1.807, 2.05) is 17.0 Å². The summed E-state index contributed by atoms with van der Waals surface area (Å²) in [6.07, 6.45) is 10.0. The summed E-state index contributed by atoms with van der Waals surface area (Å²) < 4.78 is 0. The molecule has 1 fully saturated rings. The van der Waals surface area contributed by atoms with Crippen molar-refractivity contribution < 1.29 is 9.63 Å². The van der Waals surface area contributed by atoms with Crippen molar-refractivity contribution in [3.05, 3.63) is 48.7 Å². The lowest BCUT2D eigenvalue weighted by molar-refractivity contribution is -0.135. The van der Waals surface area contributed by atoms with Crippen LogP contribution in [0.4, 0.5) is 5.82 Å². The van der Waals surface area contributed by atoms with E-state index in [2.05, 4.69) is 20.4 Å². The van der Waals surface area contributed by atoms with Crippen LogP contribution in [0, 0.1) is 0 Å². The minimum atomic E-state index is -0.273. The number of anilines is 1. The van der Waals surface area contributed by atoms with Crippen LogP contribution in [-0.4, -0.2) is 33.4 Å². The monoisotopic (exact) mass is 299 g/mol. The fraction of sp³-hybridized carbons (Fsp3) is 0.333. The van der Waals surface area contributed by atoms with E-state index in [0.29, 0.717) is 5.82 Å². The third-order valence-electron chi connectivity index (χ3n) is 3.53. The second kappa shape index (κ2) is 6.95. The van der Waals surface area contributed by atoms with Crippen molar-refractivity contribution in [2.75, 3.05) is 11.4 Å². The van der Waals surface area contributed by atoms with E-state index in [9.17, 15) is 4.79 Å². The van der Waals surface area contributed by atoms with Crippen LogP contribution in [0.5, 0.6) is 0 Å². The molecule has 1 saturated heterocycles. The summed E-state index contributed by atoms with van der Waals surface area (Å²) >= 11 is 0. The van der Waals surface area contributed by atoms with Crippen molar-refractivity contribution in [1.82, 2.24) is 20.4 Å². The molecule has 7 heteroatoms. The van der Waals surface area contributed by atoms with Gasteiger partial charge in [-0.25, -0.2) is 10.5 Å². The van der Waals surface area contributed by atoms with Crippen molar-refractivity contribution in [2.45, 2.75) is 25.5 Å². The lowest BCUT2D eigenvalue weighted by Crippen LogP contribution is -2.43. The first-order valence-electron chi connectivity index (χ1n) is 7.18. The summed E-state index contributed by atoms with van der Waals surface area (Å²) in [5, 5.41) is 0. The second-order valence-corrected chi connectivity index (χ2v) is 5.03. The lowest BCUT2D eigenvalue weighted by Gasteiger charge is -2.24. The van der Waals surface area contributed by atoms with Crippen molar-refractivity contribution in [3.63, 3.8) is 0 Å². The van der Waals surface area contributed by atoms with Gasteiger partial charge in [0.1, 0.15) is 18.5 Å². The molecule has 22 heavy (non-hydrogen) atoms. The molecule has 0 saturated carbocycles. The van der Waals surface area contributed by atoms with E-state index in [1.165, 1.54) is 0 Å². The third kappa shape index (κ3) is 3.37. The lowest BCUT2D eigenvalue weighted by atomic mass is 10.2. The van der Waals surface area contributed by atoms with Crippen molar-refractivity contribution in [3.8, 4) is 0 Å². The number of aromatic nitrogens is 3. The van der Waals surface area contributed by atoms with Gasteiger partial charge in [-0.2, -0.15) is 0 Å². The van der Waals surface area contributed by atoms with Gasteiger partial charge in [-0.15, -0.1) is 0 Å². The molecule has 3 rings (SSSR count). The molecule has 0 aromatic carbocycles. The Morgan fingerprint density at radius 2 is 2.23 bits per heavy atom. The Balaban J connectivity index is 1.55. The van der Waals surface area contributed by atoms with Crippen molar-refractivity contribution in [1.29, 1.82) is 0 Å². The number of hydrogen-bond acceptors (Lipinski definition) is 6. The molecule has 1 amide bonds. The molecule has 0 aliphatic carbocycles. The minimum absolute atomic E-state index is 0.160. The first kappa shape index (κ1) is 14.4. The molecule has 1 aliphatic rings. The molecule has 0 spiro atoms. The highest BCUT2D eigenvalue weighted by molar-refractivity contribution is 5.84. The zero-order valence-corrected chi connectivity index (χ0v) is 12.1. The van der Waals surface area contributed by atoms with Gasteiger partial charge in [-0.05, 0) is 24.5 Å². The predicted molar refractivity (Wildman–Crippen MR) is 79.6 cm³/mol. The summed E-state index contributed by atoms with van der Waals surface area (Å²) in [6.45, 7) is 1.08. The van der Waals surface area contributed by atoms with Crippen LogP contribution >= 0.6 is 0 Å². The Labute approximate surface area is 128 Å². The van der Waals surface area contributed by atoms with Crippen LogP contribution in [0.15, 0.2) is 43.1 Å². The Hall–Kier alpha value is -2.54. The van der Waals surface area contributed by atoms with Gasteiger partial charge in [-0.1, -0.05) is 6.07 Å². The number of amides is 1. The van der Waals surface area contributed by atoms with E-state index < -0.39 is 0 Å². The Kier molecular flexibility index (Phi) is 4.55. The van der Waals surface area contributed by atoms with Gasteiger partial charge in [0.15, 0.2) is 0 Å². The fourth-order valence-electron chi connectivity index (χ4n) is 2.50. The Morgan fingerprint density at radius 1 is 1.32 bits per heavy atom. The van der Waals surface area contributed by atoms with Gasteiger partial charge in [0.05, 0.1) is 6.20 Å². The standard InChI is InChI=1S/C15H17N5O2/c21-15(19-22-11-12-3-1-5-16-9-12)13-4-2-8-20(13)14-10-17-6-7-18-14/h1,3,5-7,9-10,13H,2,4,8,11H2,(H,19,21). The summed E-state index contributed by atoms with van der Waals surface area (Å²) in [4.78, 5) is 31.8. The highest BCUT2D eigenvalue weighted by Crippen LogP contribution is 2.22. The molecule has 0 radical (unpaired) electrons. The molecule has 2 aromatic heterocycles. The Morgan fingerprint density at radius 3 is 3.00 bits per heavy atom. The SMILES string of the molecule is O=C(NOCc1cccnc1)C1CCCN1c1cnccn1. The first-order valence-corrected chi connectivity index (χ1v) is 7.18. The number of nitrogens with one attached hydrogen (secondary N) is 1. The highest BCUT2D eigenvalue weighted by atomic mass is 16.6. The van der Waals surface area contributed by atoms with Gasteiger partial charge in [0, 0.05) is 31.3 Å². The van der Waals surface area contributed by atoms with Crippen LogP contribution in [0.25, 0.3) is 0 Å². The molecule has 7 nitrogen and oxygen atoms in total. The van der Waals surface area contributed by atoms with Gasteiger partial charge >= 0.3 is 0 Å². The van der Waals surface area contributed by atoms with E-state index in [0.717, 1.165) is 24.9 Å². The number of nitrogens with zero attached hydrogens (tertiary/aromatic N) is 4. The van der Waals surface area contributed by atoms with Crippen LogP contribution in [0.3, 0.4) is 0 Å². The zero-order chi connectivity index (χ0) is 15.2. The van der Waals surface area contributed by atoms with Crippen LogP contribution in [-0.2, 0) is 16.2 Å². The average Bonchev–Trinajstić information content (AvgIpc) is 3.06. The molecule has 1 aliphatic heterocycles. The quantitative estimate of drug-likeness (QED) is 0.832. The molecule has 1 unspecified atom stereocenters. The number of hydrogen-bond donors (Lipinski definition) is 1. The smallest absolute Gasteiger partial charge is 0.266 e. The molecule has 1 N–H and O–H groups in total. The molecule has 3 heterocycles. The van der Waals surface area contributed by atoms with Crippen molar-refractivity contribution >= 4 is 11.7 Å². The maximum Gasteiger partial charge on any atom is 0.266 e. The minimum Gasteiger partial charge on any atom is -0.343 e. The molecule has 114 valence electrons. The third-order valence-corrected chi connectivity index (χ3v) is 3.53. The number of rotatable bonds is 5. The van der Waals surface area contributed by atoms with Crippen LogP contribution in [0.2, 0.25) is 0 Å². The summed E-state index contributed by atoms with van der Waals surface area (Å²) in [6, 6.07) is 3.44. The maximum atomic E-state index is 12.3. The highest BCUT2D eigenvalue weighted by Gasteiger charge is 2.31. The molecule has 1 atom stereocenters. The topological polar surface area (TPSA) is 80.2 Å². The van der Waals surface area contributed by atoms with Gasteiger partial charge < -0.3 is 4.90 Å². The van der Waals surface area contributed by atoms with E-state index in [4.69, 9.17) is 4.84 Å². The van der Waals surface area contributed by atoms with Gasteiger partial charge in [0.2, 0.25) is 0 Å². The molecule has 2 aromatic rings. The maximum absolute atomic E-state index is 12.3. The second-order valence-electron chi connectivity index (χ2n) is 5.03. The first-order chi connectivity index (χ1) is 10.8. The van der Waals surface area contributed by atoms with Crippen LogP contribution < -0.4 is 10.4 Å². The van der Waals surface area contributed by atoms with E-state index in [1.54, 1.807) is 31.0 Å². The van der Waals surface area contributed by atoms with Gasteiger partial charge in [0.25, 0.3) is 5.91 Å². The van der Waals surface area contributed by atoms with Crippen LogP contribution in [0.1, 0.15) is 18.4 Å². The Bertz CT molecular complexity index is 608. The number of pyridine rings is 1. The predicted octanol–water partition coefficient (Wildman–Crippen LogP) is 1.09. The van der Waals surface area contributed by atoms with E-state index >= 15 is 0 Å². The largest absolute Gasteiger partial charge is 0.343 e.